The van der Waals surface area contributed by atoms with E-state index < -0.39 is 0 Å². The Kier molecular flexibility index (Phi) is 7.12. The van der Waals surface area contributed by atoms with Crippen LogP contribution in [-0.4, -0.2) is 0 Å². The van der Waals surface area contributed by atoms with Crippen LogP contribution in [-0.2, 0) is 0 Å². The summed E-state index contributed by atoms with van der Waals surface area (Å²) in [6.07, 6.45) is 8.00. The van der Waals surface area contributed by atoms with Crippen LogP contribution in [0.4, 0.5) is 0 Å². The van der Waals surface area contributed by atoms with E-state index in [1.807, 2.05) is 18.2 Å². The van der Waals surface area contributed by atoms with Gasteiger partial charge in [-0.25, -0.2) is 4.72 Å². The Morgan fingerprint density at radius 2 is 1.85 bits per heavy atom. The van der Waals surface area contributed by atoms with Gasteiger partial charge in [0.1, 0.15) is 0 Å². The Labute approximate surface area is 84.2 Å². The molecule has 2 nitrogen and oxygen atoms in total. The third kappa shape index (κ3) is 4.58. The molecule has 3 N–H and O–H groups in total. The first kappa shape index (κ1) is 12.0. The minimum Gasteiger partial charge on any atom is -0.264 e. The standard InChI is InChI=1S/C8H12N2S.C2H2/c1-7(10-11-9)8-5-3-2-4-6-8;1-2/h2-7,10H,9H2,1H3;1-2H. The molecule has 0 heterocycles. The summed E-state index contributed by atoms with van der Waals surface area (Å²) in [6, 6.07) is 10.5. The number of nitrogens with two attached hydrogens (primary N) is 1. The van der Waals surface area contributed by atoms with Crippen molar-refractivity contribution < 1.29 is 0 Å². The predicted molar refractivity (Wildman–Crippen MR) is 59.7 cm³/mol. The first-order chi connectivity index (χ1) is 6.34. The van der Waals surface area contributed by atoms with Crippen molar-refractivity contribution in [2.45, 2.75) is 13.0 Å². The van der Waals surface area contributed by atoms with Crippen LogP contribution in [0.5, 0.6) is 0 Å². The van der Waals surface area contributed by atoms with Crippen LogP contribution >= 0.6 is 12.1 Å². The summed E-state index contributed by atoms with van der Waals surface area (Å²) >= 11 is 1.15. The van der Waals surface area contributed by atoms with E-state index in [0.717, 1.165) is 12.1 Å². The van der Waals surface area contributed by atoms with E-state index in [-0.39, 0.29) is 0 Å². The van der Waals surface area contributed by atoms with Crippen LogP contribution in [0.1, 0.15) is 18.5 Å². The van der Waals surface area contributed by atoms with Gasteiger partial charge in [0.25, 0.3) is 0 Å². The molecule has 1 atom stereocenters. The van der Waals surface area contributed by atoms with Crippen molar-refractivity contribution in [2.24, 2.45) is 5.14 Å². The minimum atomic E-state index is 0.311. The van der Waals surface area contributed by atoms with Gasteiger partial charge in [0.15, 0.2) is 0 Å². The Hall–Kier alpha value is -0.950. The van der Waals surface area contributed by atoms with Crippen molar-refractivity contribution >= 4 is 12.1 Å². The summed E-state index contributed by atoms with van der Waals surface area (Å²) < 4.78 is 3.06. The van der Waals surface area contributed by atoms with E-state index >= 15 is 0 Å². The first-order valence-corrected chi connectivity index (χ1v) is 4.72. The molecule has 3 heteroatoms. The average molecular weight is 194 g/mol. The lowest BCUT2D eigenvalue weighted by atomic mass is 10.1. The maximum absolute atomic E-state index is 5.27. The van der Waals surface area contributed by atoms with Gasteiger partial charge >= 0.3 is 0 Å². The molecule has 0 aliphatic carbocycles. The molecule has 0 aliphatic rings. The predicted octanol–water partition coefficient (Wildman–Crippen LogP) is 2.11. The van der Waals surface area contributed by atoms with Gasteiger partial charge in [0, 0.05) is 18.2 Å². The van der Waals surface area contributed by atoms with Crippen molar-refractivity contribution in [1.82, 2.24) is 4.72 Å². The van der Waals surface area contributed by atoms with Crippen molar-refractivity contribution in [1.29, 1.82) is 0 Å². The molecule has 0 aromatic heterocycles. The van der Waals surface area contributed by atoms with E-state index in [4.69, 9.17) is 5.14 Å². The maximum atomic E-state index is 5.27. The normalized spacial score (nSPS) is 11.1. The zero-order valence-corrected chi connectivity index (χ0v) is 8.42. The van der Waals surface area contributed by atoms with Crippen molar-refractivity contribution in [3.05, 3.63) is 35.9 Å². The molecule has 1 aromatic carbocycles. The number of rotatable bonds is 3. The van der Waals surface area contributed by atoms with Crippen LogP contribution in [0.3, 0.4) is 0 Å². The Morgan fingerprint density at radius 1 is 1.31 bits per heavy atom. The van der Waals surface area contributed by atoms with Crippen LogP contribution in [0.2, 0.25) is 0 Å². The van der Waals surface area contributed by atoms with Crippen molar-refractivity contribution in [3.63, 3.8) is 0 Å². The smallest absolute Gasteiger partial charge is 0.0405 e. The highest BCUT2D eigenvalue weighted by molar-refractivity contribution is 7.95. The molecule has 0 saturated heterocycles. The molecular formula is C10H14N2S. The zero-order valence-electron chi connectivity index (χ0n) is 7.60. The second-order valence-electron chi connectivity index (χ2n) is 2.37. The molecule has 0 fully saturated rings. The zero-order chi connectivity index (χ0) is 10.1. The van der Waals surface area contributed by atoms with Crippen molar-refractivity contribution in [3.8, 4) is 12.8 Å². The van der Waals surface area contributed by atoms with Gasteiger partial charge in [-0.15, -0.1) is 12.8 Å². The van der Waals surface area contributed by atoms with E-state index in [0.29, 0.717) is 6.04 Å². The second kappa shape index (κ2) is 7.69. The molecule has 70 valence electrons. The summed E-state index contributed by atoms with van der Waals surface area (Å²) in [5, 5.41) is 5.27. The molecule has 0 bridgehead atoms. The first-order valence-electron chi connectivity index (χ1n) is 3.84. The summed E-state index contributed by atoms with van der Waals surface area (Å²) in [7, 11) is 0. The van der Waals surface area contributed by atoms with Crippen LogP contribution < -0.4 is 9.86 Å². The van der Waals surface area contributed by atoms with E-state index in [1.165, 1.54) is 5.56 Å². The molecule has 0 aliphatic heterocycles. The fraction of sp³-hybridized carbons (Fsp3) is 0.200. The molecule has 0 saturated carbocycles. The van der Waals surface area contributed by atoms with Gasteiger partial charge < -0.3 is 0 Å². The molecular weight excluding hydrogens is 180 g/mol. The molecule has 1 unspecified atom stereocenters. The monoisotopic (exact) mass is 194 g/mol. The summed E-state index contributed by atoms with van der Waals surface area (Å²) in [5.41, 5.74) is 1.26. The molecule has 0 radical (unpaired) electrons. The Morgan fingerprint density at radius 3 is 2.31 bits per heavy atom. The lowest BCUT2D eigenvalue weighted by molar-refractivity contribution is 0.755. The molecule has 0 spiro atoms. The highest BCUT2D eigenvalue weighted by Crippen LogP contribution is 2.11. The number of hydrogen-bond acceptors (Lipinski definition) is 3. The quantitative estimate of drug-likeness (QED) is 0.571. The second-order valence-corrected chi connectivity index (χ2v) is 2.84. The van der Waals surface area contributed by atoms with Crippen molar-refractivity contribution in [2.75, 3.05) is 0 Å². The highest BCUT2D eigenvalue weighted by atomic mass is 32.2. The van der Waals surface area contributed by atoms with Crippen LogP contribution in [0, 0.1) is 12.8 Å². The van der Waals surface area contributed by atoms with Crippen LogP contribution in [0.15, 0.2) is 30.3 Å². The summed E-state index contributed by atoms with van der Waals surface area (Å²) in [6.45, 7) is 2.08. The van der Waals surface area contributed by atoms with Crippen LogP contribution in [0.25, 0.3) is 0 Å². The number of terminal acetylenes is 1. The topological polar surface area (TPSA) is 38.0 Å². The molecule has 0 amide bonds. The van der Waals surface area contributed by atoms with E-state index in [1.54, 1.807) is 0 Å². The van der Waals surface area contributed by atoms with Gasteiger partial charge in [0.2, 0.25) is 0 Å². The maximum Gasteiger partial charge on any atom is 0.0405 e. The van der Waals surface area contributed by atoms with E-state index in [9.17, 15) is 0 Å². The lowest BCUT2D eigenvalue weighted by Crippen LogP contribution is -2.12. The lowest BCUT2D eigenvalue weighted by Gasteiger charge is -2.10. The van der Waals surface area contributed by atoms with Gasteiger partial charge in [-0.1, -0.05) is 30.3 Å². The number of benzene rings is 1. The van der Waals surface area contributed by atoms with Gasteiger partial charge in [-0.05, 0) is 12.5 Å². The highest BCUT2D eigenvalue weighted by Gasteiger charge is 2.00. The summed E-state index contributed by atoms with van der Waals surface area (Å²) in [5.74, 6) is 0. The Bertz CT molecular complexity index is 233. The minimum absolute atomic E-state index is 0.311. The summed E-state index contributed by atoms with van der Waals surface area (Å²) in [4.78, 5) is 0. The molecule has 13 heavy (non-hydrogen) atoms. The third-order valence-electron chi connectivity index (χ3n) is 1.54. The number of hydrogen-bond donors (Lipinski definition) is 2. The number of nitrogens with one attached hydrogen (secondary N) is 1. The third-order valence-corrected chi connectivity index (χ3v) is 2.03. The van der Waals surface area contributed by atoms with Gasteiger partial charge in [-0.2, -0.15) is 0 Å². The fourth-order valence-corrected chi connectivity index (χ4v) is 1.25. The SMILES string of the molecule is C#C.CC(NSN)c1ccccc1. The van der Waals surface area contributed by atoms with Gasteiger partial charge in [0.05, 0.1) is 0 Å². The molecule has 1 rings (SSSR count). The van der Waals surface area contributed by atoms with Gasteiger partial charge in [-0.3, -0.25) is 5.14 Å². The average Bonchev–Trinajstić information content (AvgIpc) is 2.23. The molecule has 1 aromatic rings. The van der Waals surface area contributed by atoms with E-state index in [2.05, 4.69) is 36.6 Å². The Balaban J connectivity index is 0.000000671. The largest absolute Gasteiger partial charge is 0.264 e. The fourth-order valence-electron chi connectivity index (χ4n) is 0.912.